The van der Waals surface area contributed by atoms with E-state index in [1.54, 1.807) is 30.5 Å². The highest BCUT2D eigenvalue weighted by Crippen LogP contribution is 2.35. The number of nitrogens with zero attached hydrogens (tertiary/aromatic N) is 4. The Morgan fingerprint density at radius 3 is 2.41 bits per heavy atom. The largest absolute Gasteiger partial charge is 0.474 e. The highest BCUT2D eigenvalue weighted by molar-refractivity contribution is 5.76. The quantitative estimate of drug-likeness (QED) is 0.283. The number of hydrogen-bond donors (Lipinski definition) is 0. The number of esters is 1. The maximum atomic E-state index is 14.8. The Balaban J connectivity index is 1.22. The van der Waals surface area contributed by atoms with E-state index in [0.717, 1.165) is 48.6 Å². The summed E-state index contributed by atoms with van der Waals surface area (Å²) in [6.07, 6.45) is 3.67. The average molecular weight is 501 g/mol. The number of carbonyl (C=O) groups is 1. The second kappa shape index (κ2) is 11.3. The molecule has 190 valence electrons. The molecule has 1 fully saturated rings. The number of pyridine rings is 1. The maximum absolute atomic E-state index is 14.8. The number of hydrogen-bond acceptors (Lipinski definition) is 6. The van der Waals surface area contributed by atoms with Crippen LogP contribution < -0.4 is 4.74 Å². The first kappa shape index (κ1) is 24.6. The summed E-state index contributed by atoms with van der Waals surface area (Å²) in [7, 11) is 0. The summed E-state index contributed by atoms with van der Waals surface area (Å²) >= 11 is 0. The van der Waals surface area contributed by atoms with Crippen LogP contribution in [0, 0.1) is 6.92 Å². The van der Waals surface area contributed by atoms with E-state index in [1.807, 2.05) is 60.0 Å². The second-order valence-electron chi connectivity index (χ2n) is 9.25. The molecular formula is C29H29FN4O3. The van der Waals surface area contributed by atoms with Crippen molar-refractivity contribution in [3.63, 3.8) is 0 Å². The first-order valence-corrected chi connectivity index (χ1v) is 12.5. The summed E-state index contributed by atoms with van der Waals surface area (Å²) in [5.41, 5.74) is 1.89. The normalized spacial score (nSPS) is 18.2. The molecule has 5 rings (SSSR count). The van der Waals surface area contributed by atoms with Crippen LogP contribution in [0.15, 0.2) is 79.0 Å². The Morgan fingerprint density at radius 2 is 1.70 bits per heavy atom. The number of alkyl halides is 1. The van der Waals surface area contributed by atoms with Gasteiger partial charge in [0.25, 0.3) is 0 Å². The van der Waals surface area contributed by atoms with E-state index in [2.05, 4.69) is 15.2 Å². The minimum Gasteiger partial charge on any atom is -0.474 e. The lowest BCUT2D eigenvalue weighted by atomic mass is 9.86. The summed E-state index contributed by atoms with van der Waals surface area (Å²) in [5, 5.41) is 8.79. The van der Waals surface area contributed by atoms with Crippen LogP contribution in [0.2, 0.25) is 0 Å². The van der Waals surface area contributed by atoms with Crippen molar-refractivity contribution in [2.45, 2.75) is 57.4 Å². The van der Waals surface area contributed by atoms with Gasteiger partial charge in [0, 0.05) is 23.9 Å². The number of aryl methyl sites for hydroxylation is 1. The summed E-state index contributed by atoms with van der Waals surface area (Å²) in [4.78, 5) is 16.5. The smallest absolute Gasteiger partial charge is 0.345 e. The molecule has 1 aliphatic carbocycles. The zero-order valence-corrected chi connectivity index (χ0v) is 20.7. The van der Waals surface area contributed by atoms with Crippen molar-refractivity contribution >= 4 is 5.97 Å². The second-order valence-corrected chi connectivity index (χ2v) is 9.25. The van der Waals surface area contributed by atoms with Crippen LogP contribution in [0.3, 0.4) is 0 Å². The molecule has 1 aliphatic rings. The average Bonchev–Trinajstić information content (AvgIpc) is 3.34. The predicted octanol–water partition coefficient (Wildman–Crippen LogP) is 5.83. The van der Waals surface area contributed by atoms with Gasteiger partial charge in [-0.15, -0.1) is 10.2 Å². The number of aromatic nitrogens is 4. The van der Waals surface area contributed by atoms with Crippen LogP contribution in [0.25, 0.3) is 5.69 Å². The van der Waals surface area contributed by atoms with Gasteiger partial charge in [0.05, 0.1) is 0 Å². The number of rotatable bonds is 8. The molecule has 2 heterocycles. The first-order chi connectivity index (χ1) is 18.1. The van der Waals surface area contributed by atoms with Crippen LogP contribution in [0.4, 0.5) is 4.39 Å². The third-order valence-corrected chi connectivity index (χ3v) is 6.69. The van der Waals surface area contributed by atoms with Gasteiger partial charge in [0.2, 0.25) is 12.1 Å². The third kappa shape index (κ3) is 5.85. The number of carbonyl (C=O) groups excluding carboxylic acids is 1. The van der Waals surface area contributed by atoms with E-state index < -0.39 is 12.1 Å². The van der Waals surface area contributed by atoms with Crippen molar-refractivity contribution in [2.24, 2.45) is 0 Å². The Kier molecular flexibility index (Phi) is 7.54. The molecule has 0 amide bonds. The molecule has 8 heteroatoms. The van der Waals surface area contributed by atoms with E-state index in [1.165, 1.54) is 0 Å². The van der Waals surface area contributed by atoms with Crippen LogP contribution in [-0.2, 0) is 16.1 Å². The molecule has 0 saturated heterocycles. The van der Waals surface area contributed by atoms with Crippen LogP contribution in [0.1, 0.15) is 60.5 Å². The van der Waals surface area contributed by atoms with Gasteiger partial charge in [-0.25, -0.2) is 14.2 Å². The standard InChI is InChI=1S/C29H29FN4O3/c1-20-32-33-28(23-12-16-25(17-13-23)37-26-9-5-6-18-31-26)34(20)24-14-10-22(11-15-24)27(30)29(35)36-19-21-7-3-2-4-8-21/h2-11,14-15,18,23,25,27H,12-13,16-17,19H2,1H3/t23-,25-,27?. The van der Waals surface area contributed by atoms with E-state index in [9.17, 15) is 9.18 Å². The molecule has 0 N–H and O–H groups in total. The van der Waals surface area contributed by atoms with E-state index >= 15 is 0 Å². The molecule has 37 heavy (non-hydrogen) atoms. The minimum absolute atomic E-state index is 0.0383. The fourth-order valence-corrected chi connectivity index (χ4v) is 4.72. The van der Waals surface area contributed by atoms with Crippen molar-refractivity contribution < 1.29 is 18.7 Å². The summed E-state index contributed by atoms with van der Waals surface area (Å²) in [5.74, 6) is 1.64. The topological polar surface area (TPSA) is 79.1 Å². The molecule has 1 atom stereocenters. The molecule has 0 spiro atoms. The summed E-state index contributed by atoms with van der Waals surface area (Å²) in [6.45, 7) is 1.94. The van der Waals surface area contributed by atoms with E-state index in [0.29, 0.717) is 5.88 Å². The molecule has 0 aliphatic heterocycles. The monoisotopic (exact) mass is 500 g/mol. The zero-order valence-electron chi connectivity index (χ0n) is 20.7. The fraction of sp³-hybridized carbons (Fsp3) is 0.310. The molecule has 2 aromatic heterocycles. The minimum atomic E-state index is -1.85. The van der Waals surface area contributed by atoms with Crippen molar-refractivity contribution in [3.05, 3.63) is 102 Å². The highest BCUT2D eigenvalue weighted by atomic mass is 19.1. The van der Waals surface area contributed by atoms with Crippen LogP contribution >= 0.6 is 0 Å². The molecular weight excluding hydrogens is 471 g/mol. The Bertz CT molecular complexity index is 1300. The number of halogens is 1. The van der Waals surface area contributed by atoms with E-state index in [4.69, 9.17) is 9.47 Å². The molecule has 2 aromatic carbocycles. The molecule has 0 bridgehead atoms. The lowest BCUT2D eigenvalue weighted by Crippen LogP contribution is -2.25. The Labute approximate surface area is 215 Å². The lowest BCUT2D eigenvalue weighted by Gasteiger charge is -2.28. The molecule has 1 unspecified atom stereocenters. The molecule has 1 saturated carbocycles. The number of benzene rings is 2. The Hall–Kier alpha value is -4.07. The SMILES string of the molecule is Cc1nnc([C@H]2CC[C@H](Oc3ccccn3)CC2)n1-c1ccc(C(F)C(=O)OCc2ccccc2)cc1. The highest BCUT2D eigenvalue weighted by Gasteiger charge is 2.28. The van der Waals surface area contributed by atoms with Crippen LogP contribution in [-0.4, -0.2) is 31.8 Å². The van der Waals surface area contributed by atoms with Crippen molar-refractivity contribution in [2.75, 3.05) is 0 Å². The lowest BCUT2D eigenvalue weighted by molar-refractivity contribution is -0.151. The zero-order chi connectivity index (χ0) is 25.6. The van der Waals surface area contributed by atoms with Crippen LogP contribution in [0.5, 0.6) is 5.88 Å². The summed E-state index contributed by atoms with van der Waals surface area (Å²) in [6, 6.07) is 21.7. The molecule has 7 nitrogen and oxygen atoms in total. The van der Waals surface area contributed by atoms with Crippen molar-refractivity contribution in [3.8, 4) is 11.6 Å². The van der Waals surface area contributed by atoms with Crippen molar-refractivity contribution in [1.29, 1.82) is 0 Å². The van der Waals surface area contributed by atoms with Crippen molar-refractivity contribution in [1.82, 2.24) is 19.7 Å². The molecule has 4 aromatic rings. The molecule has 0 radical (unpaired) electrons. The Morgan fingerprint density at radius 1 is 0.973 bits per heavy atom. The van der Waals surface area contributed by atoms with Gasteiger partial charge in [-0.05, 0) is 61.9 Å². The first-order valence-electron chi connectivity index (χ1n) is 12.5. The van der Waals surface area contributed by atoms with Gasteiger partial charge in [-0.2, -0.15) is 0 Å². The van der Waals surface area contributed by atoms with Gasteiger partial charge < -0.3 is 9.47 Å². The van der Waals surface area contributed by atoms with Gasteiger partial charge in [-0.1, -0.05) is 48.5 Å². The van der Waals surface area contributed by atoms with Gasteiger partial charge in [-0.3, -0.25) is 4.57 Å². The van der Waals surface area contributed by atoms with Gasteiger partial charge >= 0.3 is 5.97 Å². The fourth-order valence-electron chi connectivity index (χ4n) is 4.72. The van der Waals surface area contributed by atoms with E-state index in [-0.39, 0.29) is 24.2 Å². The summed E-state index contributed by atoms with van der Waals surface area (Å²) < 4.78 is 28.0. The third-order valence-electron chi connectivity index (χ3n) is 6.69. The van der Waals surface area contributed by atoms with Gasteiger partial charge in [0.15, 0.2) is 0 Å². The number of ether oxygens (including phenoxy) is 2. The van der Waals surface area contributed by atoms with Gasteiger partial charge in [0.1, 0.15) is 24.4 Å². The predicted molar refractivity (Wildman–Crippen MR) is 136 cm³/mol. The maximum Gasteiger partial charge on any atom is 0.345 e.